The van der Waals surface area contributed by atoms with Gasteiger partial charge in [-0.25, -0.2) is 13.3 Å². The van der Waals surface area contributed by atoms with E-state index >= 15 is 0 Å². The molecule has 0 saturated heterocycles. The van der Waals surface area contributed by atoms with Crippen molar-refractivity contribution in [1.29, 1.82) is 0 Å². The summed E-state index contributed by atoms with van der Waals surface area (Å²) in [5.74, 6) is -0.962. The Hall–Kier alpha value is -0.950. The summed E-state index contributed by atoms with van der Waals surface area (Å²) in [5, 5.41) is -0.167. The maximum absolute atomic E-state index is 13.6. The Morgan fingerprint density at radius 2 is 1.79 bits per heavy atom. The van der Waals surface area contributed by atoms with Crippen molar-refractivity contribution < 1.29 is 21.8 Å². The zero-order valence-electron chi connectivity index (χ0n) is 10.7. The van der Waals surface area contributed by atoms with Crippen LogP contribution in [-0.2, 0) is 17.2 Å². The van der Waals surface area contributed by atoms with Crippen LogP contribution in [0.25, 0.3) is 0 Å². The fourth-order valence-electron chi connectivity index (χ4n) is 1.43. The van der Waals surface area contributed by atoms with E-state index in [0.717, 1.165) is 12.1 Å². The highest BCUT2D eigenvalue weighted by Gasteiger charge is 2.31. The zero-order valence-corrected chi connectivity index (χ0v) is 11.5. The second kappa shape index (κ2) is 6.00. The Labute approximate surface area is 111 Å². The molecule has 2 unspecified atom stereocenters. The van der Waals surface area contributed by atoms with Crippen LogP contribution in [0.4, 0.5) is 17.6 Å². The molecule has 0 fully saturated rings. The number of nitrogens with one attached hydrogen (secondary N) is 1. The minimum Gasteiger partial charge on any atom is -0.243 e. The summed E-state index contributed by atoms with van der Waals surface area (Å²) in [5.41, 5.74) is -0.979. The van der Waals surface area contributed by atoms with Crippen LogP contribution in [0.15, 0.2) is 18.2 Å². The Morgan fingerprint density at radius 1 is 1.21 bits per heavy atom. The molecule has 1 N–H and O–H groups in total. The van der Waals surface area contributed by atoms with Gasteiger partial charge in [0.25, 0.3) is 0 Å². The lowest BCUT2D eigenvalue weighted by Crippen LogP contribution is -2.27. The molecule has 0 aromatic heterocycles. The molecule has 0 bridgehead atoms. The van der Waals surface area contributed by atoms with Crippen LogP contribution in [0.3, 0.4) is 0 Å². The summed E-state index contributed by atoms with van der Waals surface area (Å²) in [6, 6.07) is 1.69. The van der Waals surface area contributed by atoms with Gasteiger partial charge in [-0.2, -0.15) is 13.2 Å². The third-order valence-electron chi connectivity index (χ3n) is 2.52. The van der Waals surface area contributed by atoms with Crippen molar-refractivity contribution in [2.75, 3.05) is 0 Å². The van der Waals surface area contributed by atoms with Crippen LogP contribution in [0.2, 0.25) is 0 Å². The summed E-state index contributed by atoms with van der Waals surface area (Å²) < 4.78 is 65.0. The Kier molecular flexibility index (Phi) is 5.09. The molecule has 1 rings (SSSR count). The molecule has 0 radical (unpaired) electrons. The van der Waals surface area contributed by atoms with Crippen molar-refractivity contribution in [2.45, 2.75) is 38.2 Å². The maximum atomic E-state index is 13.6. The standard InChI is InChI=1S/C12H15F4NOS/c1-7(2)19(18)17-8(3)10-5-4-9(6-11(10)13)12(14,15)16/h4-8,17H,1-3H3. The molecule has 19 heavy (non-hydrogen) atoms. The molecule has 2 atom stereocenters. The highest BCUT2D eigenvalue weighted by molar-refractivity contribution is 7.83. The summed E-state index contributed by atoms with van der Waals surface area (Å²) >= 11 is 0. The lowest BCUT2D eigenvalue weighted by molar-refractivity contribution is -0.137. The largest absolute Gasteiger partial charge is 0.416 e. The number of rotatable bonds is 4. The van der Waals surface area contributed by atoms with Crippen molar-refractivity contribution in [3.8, 4) is 0 Å². The van der Waals surface area contributed by atoms with Crippen molar-refractivity contribution in [2.24, 2.45) is 0 Å². The Morgan fingerprint density at radius 3 is 2.21 bits per heavy atom. The highest BCUT2D eigenvalue weighted by atomic mass is 32.2. The number of alkyl halides is 3. The van der Waals surface area contributed by atoms with E-state index in [-0.39, 0.29) is 10.8 Å². The summed E-state index contributed by atoms with van der Waals surface area (Å²) in [6.45, 7) is 4.99. The molecule has 108 valence electrons. The third-order valence-corrected chi connectivity index (χ3v) is 3.96. The summed E-state index contributed by atoms with van der Waals surface area (Å²) in [7, 11) is -1.37. The van der Waals surface area contributed by atoms with Gasteiger partial charge in [0.05, 0.1) is 16.5 Å². The van der Waals surface area contributed by atoms with Gasteiger partial charge in [-0.1, -0.05) is 6.07 Å². The van der Waals surface area contributed by atoms with E-state index in [9.17, 15) is 21.8 Å². The molecule has 0 aliphatic rings. The van der Waals surface area contributed by atoms with Gasteiger partial charge in [0.1, 0.15) is 5.82 Å². The minimum atomic E-state index is -4.57. The van der Waals surface area contributed by atoms with Crippen LogP contribution < -0.4 is 4.72 Å². The smallest absolute Gasteiger partial charge is 0.243 e. The van der Waals surface area contributed by atoms with Gasteiger partial charge in [0.2, 0.25) is 0 Å². The molecule has 7 heteroatoms. The maximum Gasteiger partial charge on any atom is 0.416 e. The predicted octanol–water partition coefficient (Wildman–Crippen LogP) is 3.57. The molecule has 0 heterocycles. The van der Waals surface area contributed by atoms with Gasteiger partial charge in [-0.05, 0) is 32.9 Å². The molecular formula is C12H15F4NOS. The molecule has 1 aromatic rings. The SMILES string of the molecule is CC(NS(=O)C(C)C)c1ccc(C(F)(F)F)cc1F. The van der Waals surface area contributed by atoms with Gasteiger partial charge in [-0.15, -0.1) is 0 Å². The first-order chi connectivity index (χ1) is 8.62. The number of benzene rings is 1. The summed E-state index contributed by atoms with van der Waals surface area (Å²) in [4.78, 5) is 0. The van der Waals surface area contributed by atoms with Gasteiger partial charge in [0, 0.05) is 16.9 Å². The third kappa shape index (κ3) is 4.28. The molecule has 0 aliphatic carbocycles. The van der Waals surface area contributed by atoms with Crippen LogP contribution in [-0.4, -0.2) is 9.46 Å². The van der Waals surface area contributed by atoms with E-state index < -0.39 is 34.6 Å². The molecule has 0 aliphatic heterocycles. The average Bonchev–Trinajstić information content (AvgIpc) is 2.27. The fourth-order valence-corrected chi connectivity index (χ4v) is 2.18. The van der Waals surface area contributed by atoms with E-state index in [2.05, 4.69) is 4.72 Å². The van der Waals surface area contributed by atoms with E-state index in [1.165, 1.54) is 0 Å². The fraction of sp³-hybridized carbons (Fsp3) is 0.500. The van der Waals surface area contributed by atoms with Crippen LogP contribution in [0.5, 0.6) is 0 Å². The second-order valence-corrected chi connectivity index (χ2v) is 6.19. The van der Waals surface area contributed by atoms with Gasteiger partial charge >= 0.3 is 6.18 Å². The lowest BCUT2D eigenvalue weighted by atomic mass is 10.1. The molecular weight excluding hydrogens is 282 g/mol. The minimum absolute atomic E-state index is 0.0574. The summed E-state index contributed by atoms with van der Waals surface area (Å²) in [6.07, 6.45) is -4.57. The highest BCUT2D eigenvalue weighted by Crippen LogP contribution is 2.31. The van der Waals surface area contributed by atoms with Crippen molar-refractivity contribution >= 4 is 11.0 Å². The molecule has 0 saturated carbocycles. The number of hydrogen-bond acceptors (Lipinski definition) is 1. The Bertz CT molecular complexity index is 473. The lowest BCUT2D eigenvalue weighted by Gasteiger charge is -2.17. The molecule has 0 amide bonds. The van der Waals surface area contributed by atoms with Gasteiger partial charge in [0.15, 0.2) is 0 Å². The molecule has 1 aromatic carbocycles. The van der Waals surface area contributed by atoms with Crippen LogP contribution >= 0.6 is 0 Å². The average molecular weight is 297 g/mol. The van der Waals surface area contributed by atoms with Gasteiger partial charge in [-0.3, -0.25) is 0 Å². The second-order valence-electron chi connectivity index (χ2n) is 4.42. The van der Waals surface area contributed by atoms with Crippen molar-refractivity contribution in [3.63, 3.8) is 0 Å². The first-order valence-electron chi connectivity index (χ1n) is 5.66. The number of halogens is 4. The van der Waals surface area contributed by atoms with Crippen molar-refractivity contribution in [3.05, 3.63) is 35.1 Å². The Balaban J connectivity index is 2.94. The predicted molar refractivity (Wildman–Crippen MR) is 66.2 cm³/mol. The first kappa shape index (κ1) is 16.1. The van der Waals surface area contributed by atoms with Crippen LogP contribution in [0.1, 0.15) is 37.9 Å². The molecule has 0 spiro atoms. The monoisotopic (exact) mass is 297 g/mol. The van der Waals surface area contributed by atoms with E-state index in [0.29, 0.717) is 6.07 Å². The first-order valence-corrected chi connectivity index (χ1v) is 6.87. The zero-order chi connectivity index (χ0) is 14.8. The van der Waals surface area contributed by atoms with E-state index in [1.807, 2.05) is 0 Å². The van der Waals surface area contributed by atoms with Crippen LogP contribution in [0, 0.1) is 5.82 Å². The number of hydrogen-bond donors (Lipinski definition) is 1. The van der Waals surface area contributed by atoms with Gasteiger partial charge < -0.3 is 0 Å². The van der Waals surface area contributed by atoms with E-state index in [4.69, 9.17) is 0 Å². The van der Waals surface area contributed by atoms with E-state index in [1.54, 1.807) is 20.8 Å². The molecule has 2 nitrogen and oxygen atoms in total. The van der Waals surface area contributed by atoms with Crippen molar-refractivity contribution in [1.82, 2.24) is 4.72 Å². The quantitative estimate of drug-likeness (QED) is 0.846. The normalized spacial score (nSPS) is 15.6. The topological polar surface area (TPSA) is 29.1 Å².